The number of rotatable bonds is 2. The summed E-state index contributed by atoms with van der Waals surface area (Å²) in [6, 6.07) is 7.38. The SMILES string of the molecule is CC(C)(C)/C=C/C(=O)c1ccc(Br)cc1. The molecule has 0 saturated carbocycles. The molecule has 80 valence electrons. The van der Waals surface area contributed by atoms with Crippen LogP contribution >= 0.6 is 15.9 Å². The Balaban J connectivity index is 2.78. The molecule has 0 N–H and O–H groups in total. The number of carbonyl (C=O) groups excluding carboxylic acids is 1. The zero-order valence-corrected chi connectivity index (χ0v) is 10.8. The predicted octanol–water partition coefficient (Wildman–Crippen LogP) is 4.23. The van der Waals surface area contributed by atoms with Crippen molar-refractivity contribution in [2.45, 2.75) is 20.8 Å². The highest BCUT2D eigenvalue weighted by Gasteiger charge is 2.06. The van der Waals surface area contributed by atoms with Gasteiger partial charge in [-0.3, -0.25) is 4.79 Å². The predicted molar refractivity (Wildman–Crippen MR) is 67.1 cm³/mol. The second kappa shape index (κ2) is 4.75. The van der Waals surface area contributed by atoms with E-state index in [1.54, 1.807) is 6.08 Å². The van der Waals surface area contributed by atoms with E-state index in [2.05, 4.69) is 36.7 Å². The maximum absolute atomic E-state index is 11.7. The average molecular weight is 267 g/mol. The first-order valence-electron chi connectivity index (χ1n) is 4.88. The van der Waals surface area contributed by atoms with Crippen molar-refractivity contribution in [3.63, 3.8) is 0 Å². The van der Waals surface area contributed by atoms with E-state index < -0.39 is 0 Å². The van der Waals surface area contributed by atoms with Crippen LogP contribution in [0.5, 0.6) is 0 Å². The van der Waals surface area contributed by atoms with Gasteiger partial charge in [0.2, 0.25) is 0 Å². The Labute approximate surface area is 99.3 Å². The molecule has 0 amide bonds. The van der Waals surface area contributed by atoms with Crippen molar-refractivity contribution in [3.8, 4) is 0 Å². The van der Waals surface area contributed by atoms with Crippen LogP contribution in [0.3, 0.4) is 0 Å². The zero-order chi connectivity index (χ0) is 11.5. The van der Waals surface area contributed by atoms with Crippen LogP contribution in [0.2, 0.25) is 0 Å². The second-order valence-corrected chi connectivity index (χ2v) is 5.49. The van der Waals surface area contributed by atoms with Crippen molar-refractivity contribution in [2.24, 2.45) is 5.41 Å². The maximum atomic E-state index is 11.7. The first-order chi connectivity index (χ1) is 6.88. The molecule has 0 aromatic heterocycles. The molecule has 0 aliphatic rings. The summed E-state index contributed by atoms with van der Waals surface area (Å²) in [5, 5.41) is 0. The van der Waals surface area contributed by atoms with Crippen molar-refractivity contribution < 1.29 is 4.79 Å². The topological polar surface area (TPSA) is 17.1 Å². The Hall–Kier alpha value is -0.890. The van der Waals surface area contributed by atoms with Crippen LogP contribution < -0.4 is 0 Å². The van der Waals surface area contributed by atoms with Crippen LogP contribution in [0.15, 0.2) is 40.9 Å². The molecule has 0 atom stereocenters. The zero-order valence-electron chi connectivity index (χ0n) is 9.25. The molecular weight excluding hydrogens is 252 g/mol. The van der Waals surface area contributed by atoms with Crippen LogP contribution in [0.25, 0.3) is 0 Å². The molecule has 0 aliphatic heterocycles. The lowest BCUT2D eigenvalue weighted by atomic mass is 9.95. The highest BCUT2D eigenvalue weighted by Crippen LogP contribution is 2.16. The average Bonchev–Trinajstić information content (AvgIpc) is 2.14. The van der Waals surface area contributed by atoms with Gasteiger partial charge in [-0.15, -0.1) is 0 Å². The number of hydrogen-bond acceptors (Lipinski definition) is 1. The lowest BCUT2D eigenvalue weighted by molar-refractivity contribution is 0.104. The Kier molecular flexibility index (Phi) is 3.86. The summed E-state index contributed by atoms with van der Waals surface area (Å²) in [5.74, 6) is 0.0532. The van der Waals surface area contributed by atoms with Gasteiger partial charge in [-0.2, -0.15) is 0 Å². The number of carbonyl (C=O) groups is 1. The van der Waals surface area contributed by atoms with Gasteiger partial charge in [-0.1, -0.05) is 42.8 Å². The Morgan fingerprint density at radius 1 is 1.20 bits per heavy atom. The van der Waals surface area contributed by atoms with E-state index in [0.29, 0.717) is 0 Å². The minimum absolute atomic E-state index is 0.0467. The molecule has 15 heavy (non-hydrogen) atoms. The maximum Gasteiger partial charge on any atom is 0.185 e. The summed E-state index contributed by atoms with van der Waals surface area (Å²) in [6.45, 7) is 6.20. The van der Waals surface area contributed by atoms with Gasteiger partial charge in [0, 0.05) is 10.0 Å². The van der Waals surface area contributed by atoms with Gasteiger partial charge >= 0.3 is 0 Å². The minimum Gasteiger partial charge on any atom is -0.289 e. The fraction of sp³-hybridized carbons (Fsp3) is 0.308. The van der Waals surface area contributed by atoms with Crippen molar-refractivity contribution >= 4 is 21.7 Å². The molecule has 1 nitrogen and oxygen atoms in total. The summed E-state index contributed by atoms with van der Waals surface area (Å²) < 4.78 is 0.985. The van der Waals surface area contributed by atoms with E-state index in [4.69, 9.17) is 0 Å². The summed E-state index contributed by atoms with van der Waals surface area (Å²) in [6.07, 6.45) is 3.57. The molecule has 1 rings (SSSR count). The largest absolute Gasteiger partial charge is 0.289 e. The van der Waals surface area contributed by atoms with Gasteiger partial charge in [0.15, 0.2) is 5.78 Å². The van der Waals surface area contributed by atoms with Crippen LogP contribution in [-0.2, 0) is 0 Å². The van der Waals surface area contributed by atoms with Gasteiger partial charge in [0.25, 0.3) is 0 Å². The molecule has 0 heterocycles. The van der Waals surface area contributed by atoms with Crippen LogP contribution in [0.4, 0.5) is 0 Å². The van der Waals surface area contributed by atoms with E-state index in [1.165, 1.54) is 0 Å². The van der Waals surface area contributed by atoms with Gasteiger partial charge in [0.05, 0.1) is 0 Å². The molecule has 0 spiro atoms. The fourth-order valence-corrected chi connectivity index (χ4v) is 1.30. The van der Waals surface area contributed by atoms with Crippen molar-refractivity contribution in [1.82, 2.24) is 0 Å². The molecule has 0 saturated heterocycles. The van der Waals surface area contributed by atoms with E-state index in [1.807, 2.05) is 30.3 Å². The third-order valence-corrected chi connectivity index (χ3v) is 2.39. The third kappa shape index (κ3) is 4.43. The van der Waals surface area contributed by atoms with E-state index in [-0.39, 0.29) is 11.2 Å². The van der Waals surface area contributed by atoms with Gasteiger partial charge in [-0.25, -0.2) is 0 Å². The van der Waals surface area contributed by atoms with E-state index >= 15 is 0 Å². The molecule has 2 heteroatoms. The Bertz CT molecular complexity index is 369. The smallest absolute Gasteiger partial charge is 0.185 e. The first-order valence-corrected chi connectivity index (χ1v) is 5.67. The standard InChI is InChI=1S/C13H15BrO/c1-13(2,3)9-8-12(15)10-4-6-11(14)7-5-10/h4-9H,1-3H3/b9-8+. The minimum atomic E-state index is 0.0467. The van der Waals surface area contributed by atoms with Gasteiger partial charge < -0.3 is 0 Å². The number of allylic oxidation sites excluding steroid dienone is 2. The van der Waals surface area contributed by atoms with Crippen molar-refractivity contribution in [3.05, 3.63) is 46.5 Å². The van der Waals surface area contributed by atoms with Crippen LogP contribution in [-0.4, -0.2) is 5.78 Å². The molecule has 0 aliphatic carbocycles. The third-order valence-electron chi connectivity index (χ3n) is 1.86. The summed E-state index contributed by atoms with van der Waals surface area (Å²) >= 11 is 3.34. The lowest BCUT2D eigenvalue weighted by Crippen LogP contribution is -2.01. The van der Waals surface area contributed by atoms with Crippen molar-refractivity contribution in [2.75, 3.05) is 0 Å². The lowest BCUT2D eigenvalue weighted by Gasteiger charge is -2.10. The summed E-state index contributed by atoms with van der Waals surface area (Å²) in [7, 11) is 0. The highest BCUT2D eigenvalue weighted by atomic mass is 79.9. The molecule has 1 aromatic carbocycles. The highest BCUT2D eigenvalue weighted by molar-refractivity contribution is 9.10. The quantitative estimate of drug-likeness (QED) is 0.578. The number of halogens is 1. The van der Waals surface area contributed by atoms with E-state index in [0.717, 1.165) is 10.0 Å². The van der Waals surface area contributed by atoms with Crippen LogP contribution in [0.1, 0.15) is 31.1 Å². The summed E-state index contributed by atoms with van der Waals surface area (Å²) in [4.78, 5) is 11.7. The Morgan fingerprint density at radius 3 is 2.20 bits per heavy atom. The monoisotopic (exact) mass is 266 g/mol. The van der Waals surface area contributed by atoms with Crippen LogP contribution in [0, 0.1) is 5.41 Å². The van der Waals surface area contributed by atoms with Gasteiger partial charge in [0.1, 0.15) is 0 Å². The molecule has 0 unspecified atom stereocenters. The second-order valence-electron chi connectivity index (χ2n) is 4.57. The number of ketones is 1. The van der Waals surface area contributed by atoms with E-state index in [9.17, 15) is 4.79 Å². The first kappa shape index (κ1) is 12.2. The molecular formula is C13H15BrO. The number of hydrogen-bond donors (Lipinski definition) is 0. The Morgan fingerprint density at radius 2 is 1.73 bits per heavy atom. The normalized spacial score (nSPS) is 12.0. The molecule has 0 fully saturated rings. The molecule has 0 radical (unpaired) electrons. The van der Waals surface area contributed by atoms with Crippen molar-refractivity contribution in [1.29, 1.82) is 0 Å². The fourth-order valence-electron chi connectivity index (χ4n) is 1.04. The molecule has 0 bridgehead atoms. The number of benzene rings is 1. The summed E-state index contributed by atoms with van der Waals surface area (Å²) in [5.41, 5.74) is 0.768. The van der Waals surface area contributed by atoms with Gasteiger partial charge in [-0.05, 0) is 35.8 Å². The molecule has 1 aromatic rings.